The second-order valence-electron chi connectivity index (χ2n) is 8.31. The molecule has 3 N–H and O–H groups in total. The number of piperidine rings is 1. The van der Waals surface area contributed by atoms with Crippen LogP contribution < -0.4 is 10.6 Å². The number of guanidine groups is 1. The van der Waals surface area contributed by atoms with Crippen LogP contribution in [0.25, 0.3) is 0 Å². The Balaban J connectivity index is 1.44. The Kier molecular flexibility index (Phi) is 8.62. The maximum Gasteiger partial charge on any atom is 0.191 e. The van der Waals surface area contributed by atoms with Gasteiger partial charge in [-0.3, -0.25) is 4.99 Å². The second kappa shape index (κ2) is 11.4. The zero-order valence-electron chi connectivity index (χ0n) is 17.4. The third-order valence-electron chi connectivity index (χ3n) is 6.08. The van der Waals surface area contributed by atoms with Crippen LogP contribution in [0.2, 0.25) is 0 Å². The van der Waals surface area contributed by atoms with Gasteiger partial charge in [0.05, 0.1) is 12.6 Å². The summed E-state index contributed by atoms with van der Waals surface area (Å²) < 4.78 is 0. The lowest BCUT2D eigenvalue weighted by molar-refractivity contribution is 0.119. The van der Waals surface area contributed by atoms with E-state index in [-0.39, 0.29) is 0 Å². The average Bonchev–Trinajstić information content (AvgIpc) is 2.74. The van der Waals surface area contributed by atoms with Crippen LogP contribution in [0.1, 0.15) is 57.4 Å². The molecule has 2 aliphatic rings. The average molecular weight is 387 g/mol. The summed E-state index contributed by atoms with van der Waals surface area (Å²) in [7, 11) is 0. The molecule has 28 heavy (non-hydrogen) atoms. The number of benzene rings is 1. The maximum atomic E-state index is 10.3. The van der Waals surface area contributed by atoms with Crippen LogP contribution in [0.15, 0.2) is 35.3 Å². The molecule has 1 saturated heterocycles. The van der Waals surface area contributed by atoms with E-state index in [2.05, 4.69) is 39.6 Å². The topological polar surface area (TPSA) is 59.9 Å². The predicted molar refractivity (Wildman–Crippen MR) is 117 cm³/mol. The summed E-state index contributed by atoms with van der Waals surface area (Å²) >= 11 is 0. The molecule has 1 aliphatic heterocycles. The van der Waals surface area contributed by atoms with Crippen LogP contribution >= 0.6 is 0 Å². The largest absolute Gasteiger partial charge is 0.391 e. The van der Waals surface area contributed by atoms with E-state index in [9.17, 15) is 5.11 Å². The van der Waals surface area contributed by atoms with Gasteiger partial charge in [-0.1, -0.05) is 49.6 Å². The van der Waals surface area contributed by atoms with Crippen molar-refractivity contribution >= 4 is 5.96 Å². The van der Waals surface area contributed by atoms with Crippen molar-refractivity contribution in [3.05, 3.63) is 35.9 Å². The lowest BCUT2D eigenvalue weighted by Crippen LogP contribution is -2.51. The Morgan fingerprint density at radius 3 is 2.50 bits per heavy atom. The summed E-state index contributed by atoms with van der Waals surface area (Å²) in [6.45, 7) is 5.73. The smallest absolute Gasteiger partial charge is 0.191 e. The van der Waals surface area contributed by atoms with Gasteiger partial charge in [0, 0.05) is 38.1 Å². The minimum absolute atomic E-state index is 0.422. The van der Waals surface area contributed by atoms with Crippen LogP contribution in [-0.2, 0) is 6.42 Å². The fraction of sp³-hybridized carbons (Fsp3) is 0.696. The van der Waals surface area contributed by atoms with Gasteiger partial charge >= 0.3 is 0 Å². The van der Waals surface area contributed by atoms with Crippen molar-refractivity contribution in [2.24, 2.45) is 4.99 Å². The van der Waals surface area contributed by atoms with Crippen LogP contribution in [0.4, 0.5) is 0 Å². The number of rotatable bonds is 7. The molecule has 1 aliphatic carbocycles. The summed E-state index contributed by atoms with van der Waals surface area (Å²) in [6, 6.07) is 11.4. The Labute approximate surface area is 170 Å². The van der Waals surface area contributed by atoms with E-state index in [0.29, 0.717) is 19.0 Å². The SMILES string of the molecule is CCNC(=NCC(O)Cc1ccccc1)NC1CCN(C2CCCCC2)CC1. The minimum atomic E-state index is -0.453. The summed E-state index contributed by atoms with van der Waals surface area (Å²) in [5.41, 5.74) is 1.15. The van der Waals surface area contributed by atoms with Crippen molar-refractivity contribution < 1.29 is 5.11 Å². The summed E-state index contributed by atoms with van der Waals surface area (Å²) in [6.07, 6.45) is 9.56. The summed E-state index contributed by atoms with van der Waals surface area (Å²) in [4.78, 5) is 7.36. The molecule has 0 aromatic heterocycles. The summed E-state index contributed by atoms with van der Waals surface area (Å²) in [5, 5.41) is 17.3. The number of aliphatic hydroxyl groups excluding tert-OH is 1. The first-order valence-corrected chi connectivity index (χ1v) is 11.3. The number of nitrogens with zero attached hydrogens (tertiary/aromatic N) is 2. The van der Waals surface area contributed by atoms with Crippen molar-refractivity contribution in [3.8, 4) is 0 Å². The van der Waals surface area contributed by atoms with E-state index in [4.69, 9.17) is 0 Å². The fourth-order valence-corrected chi connectivity index (χ4v) is 4.52. The van der Waals surface area contributed by atoms with Gasteiger partial charge in [0.25, 0.3) is 0 Å². The highest BCUT2D eigenvalue weighted by Crippen LogP contribution is 2.25. The lowest BCUT2D eigenvalue weighted by Gasteiger charge is -2.39. The molecule has 0 bridgehead atoms. The number of likely N-dealkylation sites (tertiary alicyclic amines) is 1. The number of hydrogen-bond acceptors (Lipinski definition) is 3. The molecule has 5 heteroatoms. The van der Waals surface area contributed by atoms with Crippen molar-refractivity contribution in [1.82, 2.24) is 15.5 Å². The first-order valence-electron chi connectivity index (χ1n) is 11.3. The number of aliphatic imine (C=N–C) groups is 1. The van der Waals surface area contributed by atoms with E-state index in [1.165, 1.54) is 58.0 Å². The lowest BCUT2D eigenvalue weighted by atomic mass is 9.92. The van der Waals surface area contributed by atoms with E-state index in [0.717, 1.165) is 24.1 Å². The van der Waals surface area contributed by atoms with Gasteiger partial charge in [0.15, 0.2) is 5.96 Å². The van der Waals surface area contributed by atoms with Gasteiger partial charge in [0.2, 0.25) is 0 Å². The van der Waals surface area contributed by atoms with Gasteiger partial charge in [-0.05, 0) is 38.2 Å². The van der Waals surface area contributed by atoms with E-state index >= 15 is 0 Å². The van der Waals surface area contributed by atoms with Gasteiger partial charge < -0.3 is 20.6 Å². The van der Waals surface area contributed by atoms with E-state index in [1.807, 2.05) is 18.2 Å². The van der Waals surface area contributed by atoms with Crippen LogP contribution in [0, 0.1) is 0 Å². The molecule has 0 radical (unpaired) electrons. The fourth-order valence-electron chi connectivity index (χ4n) is 4.52. The van der Waals surface area contributed by atoms with E-state index in [1.54, 1.807) is 0 Å². The third kappa shape index (κ3) is 6.78. The normalized spacial score (nSPS) is 21.4. The Morgan fingerprint density at radius 2 is 1.82 bits per heavy atom. The zero-order chi connectivity index (χ0) is 19.6. The molecule has 1 aromatic carbocycles. The van der Waals surface area contributed by atoms with Gasteiger partial charge in [0.1, 0.15) is 0 Å². The molecule has 5 nitrogen and oxygen atoms in total. The molecule has 1 aromatic rings. The first-order chi connectivity index (χ1) is 13.7. The van der Waals surface area contributed by atoms with Crippen molar-refractivity contribution in [3.63, 3.8) is 0 Å². The standard InChI is InChI=1S/C23H38N4O/c1-2-24-23(25-18-22(28)17-19-9-5-3-6-10-19)26-20-13-15-27(16-14-20)21-11-7-4-8-12-21/h3,5-6,9-10,20-22,28H,2,4,7-8,11-18H2,1H3,(H2,24,25,26). The monoisotopic (exact) mass is 386 g/mol. The Bertz CT molecular complexity index is 578. The number of hydrogen-bond donors (Lipinski definition) is 3. The van der Waals surface area contributed by atoms with Gasteiger partial charge in [-0.2, -0.15) is 0 Å². The van der Waals surface area contributed by atoms with Gasteiger partial charge in [-0.25, -0.2) is 0 Å². The molecule has 0 amide bonds. The molecule has 3 rings (SSSR count). The van der Waals surface area contributed by atoms with Crippen LogP contribution in [0.3, 0.4) is 0 Å². The summed E-state index contributed by atoms with van der Waals surface area (Å²) in [5.74, 6) is 0.839. The Hall–Kier alpha value is -1.59. The molecular formula is C23H38N4O. The van der Waals surface area contributed by atoms with E-state index < -0.39 is 6.10 Å². The molecule has 1 saturated carbocycles. The number of nitrogens with one attached hydrogen (secondary N) is 2. The van der Waals surface area contributed by atoms with Gasteiger partial charge in [-0.15, -0.1) is 0 Å². The number of aliphatic hydroxyl groups is 1. The predicted octanol–water partition coefficient (Wildman–Crippen LogP) is 2.94. The highest BCUT2D eigenvalue weighted by atomic mass is 16.3. The van der Waals surface area contributed by atoms with Crippen LogP contribution in [0.5, 0.6) is 0 Å². The molecule has 2 fully saturated rings. The molecule has 1 atom stereocenters. The molecular weight excluding hydrogens is 348 g/mol. The van der Waals surface area contributed by atoms with Crippen molar-refractivity contribution in [2.45, 2.75) is 76.5 Å². The maximum absolute atomic E-state index is 10.3. The van der Waals surface area contributed by atoms with Crippen LogP contribution in [-0.4, -0.2) is 60.3 Å². The first kappa shape index (κ1) is 21.1. The second-order valence-corrected chi connectivity index (χ2v) is 8.31. The molecule has 156 valence electrons. The van der Waals surface area contributed by atoms with Crippen molar-refractivity contribution in [2.75, 3.05) is 26.2 Å². The zero-order valence-corrected chi connectivity index (χ0v) is 17.4. The highest BCUT2D eigenvalue weighted by molar-refractivity contribution is 5.80. The minimum Gasteiger partial charge on any atom is -0.391 e. The molecule has 1 unspecified atom stereocenters. The Morgan fingerprint density at radius 1 is 1.11 bits per heavy atom. The molecule has 1 heterocycles. The quantitative estimate of drug-likeness (QED) is 0.498. The van der Waals surface area contributed by atoms with Crippen molar-refractivity contribution in [1.29, 1.82) is 0 Å². The third-order valence-corrected chi connectivity index (χ3v) is 6.08. The highest BCUT2D eigenvalue weighted by Gasteiger charge is 2.26. The molecule has 0 spiro atoms.